The van der Waals surface area contributed by atoms with Crippen LogP contribution in [0.5, 0.6) is 5.75 Å². The zero-order chi connectivity index (χ0) is 39.1. The van der Waals surface area contributed by atoms with Crippen LogP contribution in [0.2, 0.25) is 0 Å². The van der Waals surface area contributed by atoms with Gasteiger partial charge in [-0.05, 0) is 59.3 Å². The number of aromatic hydroxyl groups is 1. The van der Waals surface area contributed by atoms with E-state index in [0.717, 1.165) is 36.4 Å². The first-order valence-electron chi connectivity index (χ1n) is 14.2. The number of amides is 1. The molecule has 0 radical (unpaired) electrons. The monoisotopic (exact) mass is 829 g/mol. The lowest BCUT2D eigenvalue weighted by atomic mass is 10.1. The largest absolute Gasteiger partial charge is 0.505 e. The molecule has 0 aliphatic carbocycles. The molecule has 6 N–H and O–H groups in total. The molecule has 0 saturated carbocycles. The summed E-state index contributed by atoms with van der Waals surface area (Å²) in [6.07, 6.45) is 0. The van der Waals surface area contributed by atoms with Gasteiger partial charge in [0.2, 0.25) is 0 Å². The number of hydrogen-bond donors (Lipinski definition) is 6. The van der Waals surface area contributed by atoms with Crippen molar-refractivity contribution in [1.29, 1.82) is 0 Å². The zero-order valence-corrected chi connectivity index (χ0v) is 30.2. The third kappa shape index (κ3) is 8.73. The van der Waals surface area contributed by atoms with Gasteiger partial charge in [-0.3, -0.25) is 27.2 Å². The first-order valence-corrected chi connectivity index (χ1v) is 21.2. The highest BCUT2D eigenvalue weighted by atomic mass is 32.2. The lowest BCUT2D eigenvalue weighted by Crippen LogP contribution is -2.13. The lowest BCUT2D eigenvalue weighted by molar-refractivity contribution is 0.102. The Hall–Kier alpha value is -4.76. The Morgan fingerprint density at radius 1 is 0.755 bits per heavy atom. The fourth-order valence-electron chi connectivity index (χ4n) is 5.03. The Bertz CT molecular complexity index is 2830. The van der Waals surface area contributed by atoms with Crippen LogP contribution in [-0.4, -0.2) is 79.5 Å². The van der Waals surface area contributed by atoms with Gasteiger partial charge in [0, 0.05) is 16.3 Å². The average Bonchev–Trinajstić information content (AvgIpc) is 3.05. The molecule has 1 amide bonds. The maximum absolute atomic E-state index is 13.0. The standard InChI is InChI=1S/C29H23N3O16S5/c33-27-25-18(13-20(51(39,40)41)15-23(25)30-29(34)16-4-2-1-3-5-16)14-24(52(42,43)44)26(27)32-31-22-9-6-17-12-19(50(37,38)11-10-48-49(35)36)7-8-21(17)28(22)53(45,46)47/h1-9,12-15,33H,10-11H2,(H,30,34)(H,35,36)(H,39,40,41)(H,42,43,44)(H,45,46,47). The molecule has 24 heteroatoms. The van der Waals surface area contributed by atoms with Crippen LogP contribution < -0.4 is 5.32 Å². The molecule has 0 aliphatic rings. The Balaban J connectivity index is 1.71. The number of azo groups is 1. The number of phenolic OH excluding ortho intramolecular Hbond substituents is 1. The molecule has 53 heavy (non-hydrogen) atoms. The molecular formula is C29H23N3O16S5. The number of fused-ring (bicyclic) bond motifs is 2. The predicted octanol–water partition coefficient (Wildman–Crippen LogP) is 4.03. The SMILES string of the molecule is O=C(Nc1cc(S(=O)(=O)O)cc2cc(S(=O)(=O)O)c(N=Nc3ccc4cc(S(=O)(=O)CCOS(=O)O)ccc4c3S(=O)(=O)O)c(O)c12)c1ccccc1. The predicted molar refractivity (Wildman–Crippen MR) is 186 cm³/mol. The molecule has 1 atom stereocenters. The fraction of sp³-hybridized carbons (Fsp3) is 0.0690. The number of carbonyl (C=O) groups excluding carboxylic acids is 1. The van der Waals surface area contributed by atoms with Crippen molar-refractivity contribution >= 4 is 96.1 Å². The molecule has 5 aromatic carbocycles. The molecule has 280 valence electrons. The third-order valence-electron chi connectivity index (χ3n) is 7.32. The van der Waals surface area contributed by atoms with Crippen LogP contribution in [0, 0.1) is 0 Å². The molecule has 19 nitrogen and oxygen atoms in total. The fourth-order valence-corrected chi connectivity index (χ4v) is 8.52. The highest BCUT2D eigenvalue weighted by molar-refractivity contribution is 7.91. The number of sulfone groups is 1. The number of hydrogen-bond acceptors (Lipinski definition) is 14. The summed E-state index contributed by atoms with van der Waals surface area (Å²) < 4.78 is 153. The second kappa shape index (κ2) is 14.6. The summed E-state index contributed by atoms with van der Waals surface area (Å²) in [5, 5.41) is 19.8. The molecule has 5 aromatic rings. The molecule has 0 bridgehead atoms. The van der Waals surface area contributed by atoms with E-state index in [-0.39, 0.29) is 21.2 Å². The number of nitrogens with one attached hydrogen (secondary N) is 1. The van der Waals surface area contributed by atoms with E-state index < -0.39 is 118 Å². The number of nitrogens with zero attached hydrogens (tertiary/aromatic N) is 2. The van der Waals surface area contributed by atoms with Crippen molar-refractivity contribution in [3.8, 4) is 5.75 Å². The minimum absolute atomic E-state index is 0.0547. The summed E-state index contributed by atoms with van der Waals surface area (Å²) >= 11 is -2.73. The smallest absolute Gasteiger partial charge is 0.301 e. The van der Waals surface area contributed by atoms with Crippen LogP contribution in [0.15, 0.2) is 109 Å². The van der Waals surface area contributed by atoms with E-state index in [0.29, 0.717) is 12.1 Å². The Labute approximate surface area is 302 Å². The number of anilines is 1. The van der Waals surface area contributed by atoms with Crippen molar-refractivity contribution in [2.45, 2.75) is 19.6 Å². The number of phenols is 1. The second-order valence-corrected chi connectivity index (χ2v) is 17.7. The number of benzene rings is 5. The Morgan fingerprint density at radius 2 is 1.42 bits per heavy atom. The zero-order valence-electron chi connectivity index (χ0n) is 26.1. The summed E-state index contributed by atoms with van der Waals surface area (Å²) in [6, 6.07) is 14.5. The summed E-state index contributed by atoms with van der Waals surface area (Å²) in [5.74, 6) is -2.72. The van der Waals surface area contributed by atoms with Gasteiger partial charge in [0.1, 0.15) is 21.2 Å². The molecular weight excluding hydrogens is 807 g/mol. The van der Waals surface area contributed by atoms with Crippen molar-refractivity contribution in [3.63, 3.8) is 0 Å². The van der Waals surface area contributed by atoms with Gasteiger partial charge in [0.05, 0.1) is 27.8 Å². The Morgan fingerprint density at radius 3 is 2.02 bits per heavy atom. The molecule has 0 aliphatic heterocycles. The van der Waals surface area contributed by atoms with Gasteiger partial charge in [-0.15, -0.1) is 10.2 Å². The van der Waals surface area contributed by atoms with Crippen molar-refractivity contribution in [2.75, 3.05) is 17.7 Å². The Kier molecular flexibility index (Phi) is 10.8. The number of carbonyl (C=O) groups is 1. The van der Waals surface area contributed by atoms with Gasteiger partial charge < -0.3 is 10.4 Å². The minimum atomic E-state index is -5.36. The van der Waals surface area contributed by atoms with E-state index in [9.17, 15) is 61.4 Å². The van der Waals surface area contributed by atoms with Crippen LogP contribution in [0.4, 0.5) is 17.1 Å². The summed E-state index contributed by atoms with van der Waals surface area (Å²) in [7, 11) is -19.7. The van der Waals surface area contributed by atoms with Crippen LogP contribution in [-0.2, 0) is 55.7 Å². The van der Waals surface area contributed by atoms with Crippen molar-refractivity contribution in [1.82, 2.24) is 0 Å². The average molecular weight is 830 g/mol. The van der Waals surface area contributed by atoms with E-state index in [4.69, 9.17) is 4.55 Å². The van der Waals surface area contributed by atoms with Gasteiger partial charge in [0.25, 0.3) is 36.3 Å². The van der Waals surface area contributed by atoms with Crippen LogP contribution in [0.3, 0.4) is 0 Å². The van der Waals surface area contributed by atoms with E-state index in [2.05, 4.69) is 19.7 Å². The topological polar surface area (TPSA) is 318 Å². The first kappa shape index (κ1) is 39.4. The summed E-state index contributed by atoms with van der Waals surface area (Å²) in [5.41, 5.74) is -2.18. The van der Waals surface area contributed by atoms with Gasteiger partial charge in [-0.2, -0.15) is 29.5 Å². The van der Waals surface area contributed by atoms with E-state index >= 15 is 0 Å². The highest BCUT2D eigenvalue weighted by Crippen LogP contribution is 2.46. The quantitative estimate of drug-likeness (QED) is 0.0587. The maximum atomic E-state index is 13.0. The van der Waals surface area contributed by atoms with Crippen molar-refractivity contribution in [3.05, 3.63) is 84.4 Å². The molecule has 0 aromatic heterocycles. The first-order chi connectivity index (χ1) is 24.6. The number of rotatable bonds is 12. The van der Waals surface area contributed by atoms with E-state index in [1.165, 1.54) is 24.3 Å². The van der Waals surface area contributed by atoms with Gasteiger partial charge in [-0.25, -0.2) is 8.42 Å². The van der Waals surface area contributed by atoms with Crippen LogP contribution >= 0.6 is 0 Å². The summed E-state index contributed by atoms with van der Waals surface area (Å²) in [4.78, 5) is 9.64. The van der Waals surface area contributed by atoms with Crippen LogP contribution in [0.1, 0.15) is 10.4 Å². The van der Waals surface area contributed by atoms with E-state index in [1.54, 1.807) is 6.07 Å². The van der Waals surface area contributed by atoms with Crippen molar-refractivity contribution in [2.24, 2.45) is 10.2 Å². The third-order valence-corrected chi connectivity index (χ3v) is 12.0. The second-order valence-electron chi connectivity index (χ2n) is 10.7. The molecule has 0 fully saturated rings. The highest BCUT2D eigenvalue weighted by Gasteiger charge is 2.27. The molecule has 1 unspecified atom stereocenters. The molecule has 0 saturated heterocycles. The minimum Gasteiger partial charge on any atom is -0.505 e. The molecule has 0 heterocycles. The van der Waals surface area contributed by atoms with E-state index in [1.807, 2.05) is 0 Å². The molecule has 0 spiro atoms. The van der Waals surface area contributed by atoms with Crippen LogP contribution in [0.25, 0.3) is 21.5 Å². The normalized spacial score (nSPS) is 13.4. The van der Waals surface area contributed by atoms with Gasteiger partial charge >= 0.3 is 11.4 Å². The molecule has 5 rings (SSSR count). The maximum Gasteiger partial charge on any atom is 0.301 e. The lowest BCUT2D eigenvalue weighted by Gasteiger charge is -2.15. The van der Waals surface area contributed by atoms with Gasteiger partial charge in [-0.1, -0.05) is 30.3 Å². The van der Waals surface area contributed by atoms with Crippen molar-refractivity contribution < 1.29 is 70.2 Å². The van der Waals surface area contributed by atoms with Gasteiger partial charge in [0.15, 0.2) is 15.6 Å². The summed E-state index contributed by atoms with van der Waals surface area (Å²) in [6.45, 7) is -0.658.